The van der Waals surface area contributed by atoms with Crippen LogP contribution < -0.4 is 21.6 Å². The summed E-state index contributed by atoms with van der Waals surface area (Å²) in [6.07, 6.45) is 7.05. The SMILES string of the molecule is Cc1nc(/C(N)=C(\CCNC(=O)Cc2ccccc2)N(C)N)ccc1OC1CCCCC1. The van der Waals surface area contributed by atoms with Gasteiger partial charge >= 0.3 is 0 Å². The minimum Gasteiger partial charge on any atom is -0.489 e. The number of nitrogens with two attached hydrogens (primary N) is 2. The maximum absolute atomic E-state index is 12.2. The largest absolute Gasteiger partial charge is 0.489 e. The number of aromatic nitrogens is 1. The van der Waals surface area contributed by atoms with E-state index < -0.39 is 0 Å². The number of nitrogens with zero attached hydrogens (tertiary/aromatic N) is 2. The zero-order valence-corrected chi connectivity index (χ0v) is 19.1. The zero-order valence-electron chi connectivity index (χ0n) is 19.1. The molecule has 1 amide bonds. The molecule has 0 saturated heterocycles. The summed E-state index contributed by atoms with van der Waals surface area (Å²) < 4.78 is 6.17. The molecule has 7 nitrogen and oxygen atoms in total. The molecule has 0 aliphatic heterocycles. The average molecular weight is 438 g/mol. The minimum absolute atomic E-state index is 0.0352. The van der Waals surface area contributed by atoms with Crippen molar-refractivity contribution in [3.63, 3.8) is 0 Å². The molecule has 3 rings (SSSR count). The quantitative estimate of drug-likeness (QED) is 0.411. The number of ether oxygens (including phenoxy) is 1. The van der Waals surface area contributed by atoms with E-state index in [4.69, 9.17) is 16.3 Å². The smallest absolute Gasteiger partial charge is 0.224 e. The molecule has 5 N–H and O–H groups in total. The van der Waals surface area contributed by atoms with Gasteiger partial charge in [0.15, 0.2) is 0 Å². The zero-order chi connectivity index (χ0) is 22.9. The molecule has 1 saturated carbocycles. The molecule has 0 atom stereocenters. The molecule has 172 valence electrons. The summed E-state index contributed by atoms with van der Waals surface area (Å²) in [5, 5.41) is 4.43. The van der Waals surface area contributed by atoms with Crippen LogP contribution in [-0.4, -0.2) is 35.6 Å². The van der Waals surface area contributed by atoms with Gasteiger partial charge in [-0.1, -0.05) is 36.8 Å². The molecule has 0 unspecified atom stereocenters. The van der Waals surface area contributed by atoms with Gasteiger partial charge in [-0.15, -0.1) is 0 Å². The first-order chi connectivity index (χ1) is 15.4. The lowest BCUT2D eigenvalue weighted by Crippen LogP contribution is -2.32. The maximum Gasteiger partial charge on any atom is 0.224 e. The van der Waals surface area contributed by atoms with Crippen LogP contribution in [0.3, 0.4) is 0 Å². The molecule has 1 heterocycles. The normalized spacial score (nSPS) is 15.1. The first-order valence-corrected chi connectivity index (χ1v) is 11.4. The number of hydrazine groups is 1. The number of hydrogen-bond donors (Lipinski definition) is 3. The summed E-state index contributed by atoms with van der Waals surface area (Å²) in [6, 6.07) is 13.5. The van der Waals surface area contributed by atoms with Crippen LogP contribution in [0.1, 0.15) is 55.5 Å². The van der Waals surface area contributed by atoms with Crippen LogP contribution in [0.5, 0.6) is 5.75 Å². The fourth-order valence-electron chi connectivity index (χ4n) is 4.00. The Morgan fingerprint density at radius 1 is 1.16 bits per heavy atom. The van der Waals surface area contributed by atoms with E-state index in [1.165, 1.54) is 24.3 Å². The highest BCUT2D eigenvalue weighted by molar-refractivity contribution is 5.78. The van der Waals surface area contributed by atoms with E-state index in [-0.39, 0.29) is 12.0 Å². The van der Waals surface area contributed by atoms with E-state index in [1.54, 1.807) is 7.05 Å². The first-order valence-electron chi connectivity index (χ1n) is 11.4. The number of rotatable bonds is 9. The van der Waals surface area contributed by atoms with Crippen LogP contribution in [0.2, 0.25) is 0 Å². The summed E-state index contributed by atoms with van der Waals surface area (Å²) in [6.45, 7) is 2.37. The van der Waals surface area contributed by atoms with Crippen molar-refractivity contribution < 1.29 is 9.53 Å². The molecule has 0 radical (unpaired) electrons. The summed E-state index contributed by atoms with van der Waals surface area (Å²) in [5.74, 6) is 6.81. The Labute approximate surface area is 190 Å². The maximum atomic E-state index is 12.2. The Hall–Kier alpha value is -3.06. The van der Waals surface area contributed by atoms with Crippen molar-refractivity contribution in [1.29, 1.82) is 0 Å². The van der Waals surface area contributed by atoms with Crippen molar-refractivity contribution in [3.8, 4) is 5.75 Å². The van der Waals surface area contributed by atoms with Gasteiger partial charge in [-0.2, -0.15) is 0 Å². The molecule has 2 aromatic rings. The van der Waals surface area contributed by atoms with E-state index in [9.17, 15) is 4.79 Å². The van der Waals surface area contributed by atoms with Crippen molar-refractivity contribution in [2.75, 3.05) is 13.6 Å². The first kappa shape index (κ1) is 23.6. The Balaban J connectivity index is 1.62. The van der Waals surface area contributed by atoms with Gasteiger partial charge in [0.1, 0.15) is 5.75 Å². The Morgan fingerprint density at radius 3 is 2.53 bits per heavy atom. The fraction of sp³-hybridized carbons (Fsp3) is 0.440. The number of carbonyl (C=O) groups excluding carboxylic acids is 1. The van der Waals surface area contributed by atoms with Crippen LogP contribution >= 0.6 is 0 Å². The molecule has 32 heavy (non-hydrogen) atoms. The van der Waals surface area contributed by atoms with Crippen molar-refractivity contribution in [2.45, 2.75) is 58.0 Å². The van der Waals surface area contributed by atoms with Gasteiger partial charge < -0.3 is 20.8 Å². The Morgan fingerprint density at radius 2 is 1.88 bits per heavy atom. The average Bonchev–Trinajstić information content (AvgIpc) is 2.79. The summed E-state index contributed by atoms with van der Waals surface area (Å²) >= 11 is 0. The molecule has 7 heteroatoms. The van der Waals surface area contributed by atoms with E-state index in [1.807, 2.05) is 49.4 Å². The summed E-state index contributed by atoms with van der Waals surface area (Å²) in [4.78, 5) is 16.9. The van der Waals surface area contributed by atoms with E-state index >= 15 is 0 Å². The number of aryl methyl sites for hydroxylation is 1. The number of carbonyl (C=O) groups is 1. The van der Waals surface area contributed by atoms with Gasteiger partial charge in [-0.3, -0.25) is 4.79 Å². The molecular weight excluding hydrogens is 402 g/mol. The highest BCUT2D eigenvalue weighted by Crippen LogP contribution is 2.26. The number of hydrogen-bond acceptors (Lipinski definition) is 6. The molecule has 0 spiro atoms. The predicted molar refractivity (Wildman–Crippen MR) is 127 cm³/mol. The number of nitrogens with one attached hydrogen (secondary N) is 1. The third-order valence-corrected chi connectivity index (χ3v) is 5.79. The topological polar surface area (TPSA) is 106 Å². The molecule has 1 fully saturated rings. The molecule has 1 aliphatic rings. The highest BCUT2D eigenvalue weighted by Gasteiger charge is 2.17. The minimum atomic E-state index is -0.0352. The molecular formula is C25H35N5O2. The molecule has 1 aromatic carbocycles. The second-order valence-electron chi connectivity index (χ2n) is 8.39. The van der Waals surface area contributed by atoms with Gasteiger partial charge in [-0.05, 0) is 50.3 Å². The third-order valence-electron chi connectivity index (χ3n) is 5.79. The van der Waals surface area contributed by atoms with Gasteiger partial charge in [0.25, 0.3) is 0 Å². The standard InChI is InChI=1S/C25H35N5O2/c1-18-23(32-20-11-7-4-8-12-20)14-13-21(29-18)25(26)22(30(2)27)15-16-28-24(31)17-19-9-5-3-6-10-19/h3,5-6,9-10,13-14,20H,4,7-8,11-12,15-17,26-27H2,1-2H3,(H,28,31)/b25-22-. The second-order valence-corrected chi connectivity index (χ2v) is 8.39. The summed E-state index contributed by atoms with van der Waals surface area (Å²) in [5.41, 5.74) is 10.1. The van der Waals surface area contributed by atoms with E-state index in [0.29, 0.717) is 30.8 Å². The van der Waals surface area contributed by atoms with Crippen molar-refractivity contribution >= 4 is 11.6 Å². The monoisotopic (exact) mass is 437 g/mol. The van der Waals surface area contributed by atoms with Crippen LogP contribution in [0.25, 0.3) is 5.70 Å². The third kappa shape index (κ3) is 6.72. The fourth-order valence-corrected chi connectivity index (χ4v) is 4.00. The highest BCUT2D eigenvalue weighted by atomic mass is 16.5. The number of pyridine rings is 1. The van der Waals surface area contributed by atoms with Gasteiger partial charge in [0.2, 0.25) is 5.91 Å². The van der Waals surface area contributed by atoms with Gasteiger partial charge in [0, 0.05) is 20.0 Å². The Kier molecular flexibility index (Phi) is 8.50. The van der Waals surface area contributed by atoms with E-state index in [0.717, 1.165) is 35.5 Å². The van der Waals surface area contributed by atoms with E-state index in [2.05, 4.69) is 10.3 Å². The molecule has 0 bridgehead atoms. The number of benzene rings is 1. The van der Waals surface area contributed by atoms with Crippen molar-refractivity contribution in [1.82, 2.24) is 15.3 Å². The second kappa shape index (κ2) is 11.5. The van der Waals surface area contributed by atoms with Gasteiger partial charge in [0.05, 0.1) is 35.3 Å². The predicted octanol–water partition coefficient (Wildman–Crippen LogP) is 3.28. The van der Waals surface area contributed by atoms with Crippen LogP contribution in [0, 0.1) is 6.92 Å². The number of amides is 1. The Bertz CT molecular complexity index is 921. The van der Waals surface area contributed by atoms with Gasteiger partial charge in [-0.25, -0.2) is 10.8 Å². The molecule has 1 aliphatic carbocycles. The lowest BCUT2D eigenvalue weighted by Gasteiger charge is -2.24. The van der Waals surface area contributed by atoms with Crippen LogP contribution in [-0.2, 0) is 11.2 Å². The lowest BCUT2D eigenvalue weighted by atomic mass is 9.98. The lowest BCUT2D eigenvalue weighted by molar-refractivity contribution is -0.120. The molecule has 1 aromatic heterocycles. The summed E-state index contributed by atoms with van der Waals surface area (Å²) in [7, 11) is 1.74. The van der Waals surface area contributed by atoms with Crippen LogP contribution in [0.15, 0.2) is 48.2 Å². The van der Waals surface area contributed by atoms with Crippen molar-refractivity contribution in [3.05, 3.63) is 65.1 Å². The van der Waals surface area contributed by atoms with Crippen LogP contribution in [0.4, 0.5) is 0 Å². The van der Waals surface area contributed by atoms with Crippen molar-refractivity contribution in [2.24, 2.45) is 11.6 Å².